The Kier molecular flexibility index (Phi) is 2.72. The summed E-state index contributed by atoms with van der Waals surface area (Å²) in [6.07, 6.45) is 0. The van der Waals surface area contributed by atoms with E-state index in [2.05, 4.69) is 10.3 Å². The zero-order chi connectivity index (χ0) is 14.2. The van der Waals surface area contributed by atoms with Crippen molar-refractivity contribution in [2.45, 2.75) is 13.1 Å². The summed E-state index contributed by atoms with van der Waals surface area (Å²) in [7, 11) is 0. The van der Waals surface area contributed by atoms with E-state index in [9.17, 15) is 0 Å². The molecule has 0 fully saturated rings. The SMILES string of the molecule is NCc1c(Cn2nnc3ccccc32)oc2ccccc12. The van der Waals surface area contributed by atoms with E-state index in [-0.39, 0.29) is 0 Å². The van der Waals surface area contributed by atoms with E-state index in [4.69, 9.17) is 10.2 Å². The van der Waals surface area contributed by atoms with Crippen LogP contribution in [0.25, 0.3) is 22.0 Å². The number of fused-ring (bicyclic) bond motifs is 2. The van der Waals surface area contributed by atoms with Gasteiger partial charge in [-0.25, -0.2) is 4.68 Å². The molecule has 2 aromatic heterocycles. The van der Waals surface area contributed by atoms with Crippen LogP contribution < -0.4 is 5.73 Å². The van der Waals surface area contributed by atoms with E-state index in [1.165, 1.54) is 0 Å². The summed E-state index contributed by atoms with van der Waals surface area (Å²) in [6, 6.07) is 15.8. The van der Waals surface area contributed by atoms with E-state index in [1.807, 2.05) is 53.2 Å². The Morgan fingerprint density at radius 1 is 1.05 bits per heavy atom. The second kappa shape index (κ2) is 4.71. The van der Waals surface area contributed by atoms with Gasteiger partial charge >= 0.3 is 0 Å². The minimum Gasteiger partial charge on any atom is -0.459 e. The van der Waals surface area contributed by atoms with Gasteiger partial charge in [-0.05, 0) is 18.2 Å². The fraction of sp³-hybridized carbons (Fsp3) is 0.125. The van der Waals surface area contributed by atoms with E-state index < -0.39 is 0 Å². The van der Waals surface area contributed by atoms with Gasteiger partial charge in [-0.3, -0.25) is 0 Å². The van der Waals surface area contributed by atoms with E-state index in [0.717, 1.165) is 33.3 Å². The molecule has 5 nitrogen and oxygen atoms in total. The molecule has 0 amide bonds. The number of hydrogen-bond donors (Lipinski definition) is 1. The van der Waals surface area contributed by atoms with Gasteiger partial charge in [-0.2, -0.15) is 0 Å². The average Bonchev–Trinajstić information content (AvgIpc) is 3.09. The molecule has 2 aromatic carbocycles. The molecule has 0 aliphatic rings. The van der Waals surface area contributed by atoms with Crippen LogP contribution in [0, 0.1) is 0 Å². The first-order chi connectivity index (χ1) is 10.4. The maximum Gasteiger partial charge on any atom is 0.134 e. The van der Waals surface area contributed by atoms with Crippen LogP contribution in [0.4, 0.5) is 0 Å². The van der Waals surface area contributed by atoms with Crippen molar-refractivity contribution in [1.29, 1.82) is 0 Å². The molecule has 0 aliphatic carbocycles. The highest BCUT2D eigenvalue weighted by Gasteiger charge is 2.14. The molecule has 2 N–H and O–H groups in total. The third-order valence-electron chi connectivity index (χ3n) is 3.70. The van der Waals surface area contributed by atoms with Crippen molar-refractivity contribution < 1.29 is 4.42 Å². The molecular weight excluding hydrogens is 264 g/mol. The Bertz CT molecular complexity index is 922. The first kappa shape index (κ1) is 12.1. The quantitative estimate of drug-likeness (QED) is 0.625. The number of benzene rings is 2. The molecule has 21 heavy (non-hydrogen) atoms. The molecule has 0 saturated heterocycles. The lowest BCUT2D eigenvalue weighted by Gasteiger charge is -2.02. The highest BCUT2D eigenvalue weighted by Crippen LogP contribution is 2.26. The van der Waals surface area contributed by atoms with Gasteiger partial charge in [0.25, 0.3) is 0 Å². The predicted octanol–water partition coefficient (Wildman–Crippen LogP) is 2.68. The monoisotopic (exact) mass is 278 g/mol. The van der Waals surface area contributed by atoms with Crippen molar-refractivity contribution in [1.82, 2.24) is 15.0 Å². The van der Waals surface area contributed by atoms with Gasteiger partial charge < -0.3 is 10.2 Å². The summed E-state index contributed by atoms with van der Waals surface area (Å²) in [6.45, 7) is 0.973. The lowest BCUT2D eigenvalue weighted by atomic mass is 10.1. The minimum atomic E-state index is 0.443. The average molecular weight is 278 g/mol. The zero-order valence-corrected chi connectivity index (χ0v) is 11.4. The van der Waals surface area contributed by atoms with Crippen LogP contribution >= 0.6 is 0 Å². The van der Waals surface area contributed by atoms with Crippen molar-refractivity contribution in [3.63, 3.8) is 0 Å². The number of nitrogens with two attached hydrogens (primary N) is 1. The maximum atomic E-state index is 5.94. The summed E-state index contributed by atoms with van der Waals surface area (Å²) in [5, 5.41) is 9.44. The molecule has 2 heterocycles. The lowest BCUT2D eigenvalue weighted by Crippen LogP contribution is -2.05. The second-order valence-electron chi connectivity index (χ2n) is 4.94. The molecule has 0 unspecified atom stereocenters. The second-order valence-corrected chi connectivity index (χ2v) is 4.94. The third-order valence-corrected chi connectivity index (χ3v) is 3.70. The molecule has 5 heteroatoms. The smallest absolute Gasteiger partial charge is 0.134 e. The Labute approximate surface area is 121 Å². The number of nitrogens with zero attached hydrogens (tertiary/aromatic N) is 3. The Morgan fingerprint density at radius 3 is 2.76 bits per heavy atom. The van der Waals surface area contributed by atoms with Gasteiger partial charge in [0, 0.05) is 17.5 Å². The van der Waals surface area contributed by atoms with Gasteiger partial charge in [0.05, 0.1) is 5.52 Å². The van der Waals surface area contributed by atoms with Crippen molar-refractivity contribution in [2.75, 3.05) is 0 Å². The van der Waals surface area contributed by atoms with Crippen LogP contribution in [0.5, 0.6) is 0 Å². The Morgan fingerprint density at radius 2 is 1.86 bits per heavy atom. The van der Waals surface area contributed by atoms with Crippen LogP contribution in [0.2, 0.25) is 0 Å². The van der Waals surface area contributed by atoms with Crippen LogP contribution in [0.15, 0.2) is 52.9 Å². The third kappa shape index (κ3) is 1.90. The first-order valence-corrected chi connectivity index (χ1v) is 6.84. The van der Waals surface area contributed by atoms with Gasteiger partial charge in [0.15, 0.2) is 0 Å². The van der Waals surface area contributed by atoms with Gasteiger partial charge in [0.2, 0.25) is 0 Å². The fourth-order valence-corrected chi connectivity index (χ4v) is 2.67. The van der Waals surface area contributed by atoms with Crippen molar-refractivity contribution in [3.05, 3.63) is 59.9 Å². The number of aromatic nitrogens is 3. The largest absolute Gasteiger partial charge is 0.459 e. The highest BCUT2D eigenvalue weighted by molar-refractivity contribution is 5.82. The molecule has 4 rings (SSSR count). The van der Waals surface area contributed by atoms with Crippen LogP contribution in [-0.2, 0) is 13.1 Å². The number of rotatable bonds is 3. The molecule has 0 radical (unpaired) electrons. The van der Waals surface area contributed by atoms with E-state index >= 15 is 0 Å². The number of furan rings is 1. The maximum absolute atomic E-state index is 5.94. The zero-order valence-electron chi connectivity index (χ0n) is 11.4. The Hall–Kier alpha value is -2.66. The summed E-state index contributed by atoms with van der Waals surface area (Å²) in [5.41, 5.74) is 9.65. The minimum absolute atomic E-state index is 0.443. The molecule has 104 valence electrons. The standard InChI is InChI=1S/C16H14N4O/c17-9-12-11-5-1-4-8-15(11)21-16(12)10-20-14-7-3-2-6-13(14)18-19-20/h1-8H,9-10,17H2. The molecule has 0 saturated carbocycles. The molecule has 0 aliphatic heterocycles. The van der Waals surface area contributed by atoms with Gasteiger partial charge in [-0.1, -0.05) is 35.5 Å². The van der Waals surface area contributed by atoms with Crippen LogP contribution in [0.1, 0.15) is 11.3 Å². The normalized spacial score (nSPS) is 11.5. The number of para-hydroxylation sites is 2. The summed E-state index contributed by atoms with van der Waals surface area (Å²) < 4.78 is 7.78. The summed E-state index contributed by atoms with van der Waals surface area (Å²) >= 11 is 0. The lowest BCUT2D eigenvalue weighted by molar-refractivity contribution is 0.503. The first-order valence-electron chi connectivity index (χ1n) is 6.84. The van der Waals surface area contributed by atoms with Gasteiger partial charge in [-0.15, -0.1) is 5.10 Å². The van der Waals surface area contributed by atoms with Crippen molar-refractivity contribution >= 4 is 22.0 Å². The summed E-state index contributed by atoms with van der Waals surface area (Å²) in [4.78, 5) is 0. The van der Waals surface area contributed by atoms with Crippen molar-refractivity contribution in [3.8, 4) is 0 Å². The fourth-order valence-electron chi connectivity index (χ4n) is 2.67. The summed E-state index contributed by atoms with van der Waals surface area (Å²) in [5.74, 6) is 0.842. The predicted molar refractivity (Wildman–Crippen MR) is 80.7 cm³/mol. The highest BCUT2D eigenvalue weighted by atomic mass is 16.3. The van der Waals surface area contributed by atoms with Crippen molar-refractivity contribution in [2.24, 2.45) is 5.73 Å². The molecule has 0 spiro atoms. The molecule has 0 bridgehead atoms. The number of hydrogen-bond acceptors (Lipinski definition) is 4. The van der Waals surface area contributed by atoms with Crippen LogP contribution in [-0.4, -0.2) is 15.0 Å². The van der Waals surface area contributed by atoms with E-state index in [0.29, 0.717) is 13.1 Å². The van der Waals surface area contributed by atoms with E-state index in [1.54, 1.807) is 0 Å². The molecular formula is C16H14N4O. The molecule has 0 atom stereocenters. The molecule has 4 aromatic rings. The van der Waals surface area contributed by atoms with Gasteiger partial charge in [0.1, 0.15) is 23.4 Å². The Balaban J connectivity index is 1.84. The van der Waals surface area contributed by atoms with Crippen LogP contribution in [0.3, 0.4) is 0 Å². The topological polar surface area (TPSA) is 69.9 Å².